The Bertz CT molecular complexity index is 852. The number of benzene rings is 2. The van der Waals surface area contributed by atoms with Gasteiger partial charge in [0.25, 0.3) is 5.91 Å². The minimum absolute atomic E-state index is 0.00675. The predicted octanol–water partition coefficient (Wildman–Crippen LogP) is 3.03. The van der Waals surface area contributed by atoms with Gasteiger partial charge in [-0.1, -0.05) is 37.3 Å². The summed E-state index contributed by atoms with van der Waals surface area (Å²) in [4.78, 5) is 36.2. The van der Waals surface area contributed by atoms with Gasteiger partial charge in [-0.05, 0) is 49.6 Å². The molecule has 7 heteroatoms. The second-order valence-electron chi connectivity index (χ2n) is 6.73. The van der Waals surface area contributed by atoms with Gasteiger partial charge in [-0.3, -0.25) is 25.2 Å². The molecule has 2 rings (SSSR count). The largest absolute Gasteiger partial charge is 0.481 e. The van der Waals surface area contributed by atoms with Crippen molar-refractivity contribution in [1.82, 2.24) is 10.9 Å². The first-order valence-corrected chi connectivity index (χ1v) is 9.56. The van der Waals surface area contributed by atoms with Crippen LogP contribution in [0.5, 0.6) is 5.75 Å². The highest BCUT2D eigenvalue weighted by Gasteiger charge is 2.19. The number of anilines is 1. The molecule has 0 radical (unpaired) electrons. The molecule has 1 atom stereocenters. The minimum atomic E-state index is -0.731. The fourth-order valence-corrected chi connectivity index (χ4v) is 2.57. The molecule has 0 aromatic heterocycles. The van der Waals surface area contributed by atoms with E-state index in [1.54, 1.807) is 12.1 Å². The van der Waals surface area contributed by atoms with Crippen LogP contribution in [0.2, 0.25) is 0 Å². The van der Waals surface area contributed by atoms with Gasteiger partial charge in [-0.25, -0.2) is 0 Å². The Kier molecular flexibility index (Phi) is 8.21. The maximum atomic E-state index is 12.2. The lowest BCUT2D eigenvalue weighted by atomic mass is 10.1. The lowest BCUT2D eigenvalue weighted by Gasteiger charge is -2.17. The summed E-state index contributed by atoms with van der Waals surface area (Å²) in [6.07, 6.45) is -0.333. The number of para-hydroxylation sites is 1. The van der Waals surface area contributed by atoms with Crippen molar-refractivity contribution in [1.29, 1.82) is 0 Å². The summed E-state index contributed by atoms with van der Waals surface area (Å²) in [5, 5.41) is 2.80. The van der Waals surface area contributed by atoms with Crippen molar-refractivity contribution >= 4 is 23.4 Å². The maximum Gasteiger partial charge on any atom is 0.279 e. The summed E-state index contributed by atoms with van der Waals surface area (Å²) in [6.45, 7) is 5.65. The Morgan fingerprint density at radius 3 is 2.31 bits per heavy atom. The van der Waals surface area contributed by atoms with Crippen molar-refractivity contribution < 1.29 is 19.1 Å². The summed E-state index contributed by atoms with van der Waals surface area (Å²) in [5.74, 6) is -0.600. The van der Waals surface area contributed by atoms with Crippen molar-refractivity contribution in [3.63, 3.8) is 0 Å². The Morgan fingerprint density at radius 1 is 0.931 bits per heavy atom. The summed E-state index contributed by atoms with van der Waals surface area (Å²) in [7, 11) is 0. The van der Waals surface area contributed by atoms with Crippen LogP contribution < -0.4 is 20.9 Å². The van der Waals surface area contributed by atoms with Crippen LogP contribution >= 0.6 is 0 Å². The van der Waals surface area contributed by atoms with Crippen LogP contribution in [-0.2, 0) is 14.4 Å². The highest BCUT2D eigenvalue weighted by atomic mass is 16.5. The Hall–Kier alpha value is -3.35. The zero-order valence-electron chi connectivity index (χ0n) is 17.0. The lowest BCUT2D eigenvalue weighted by molar-refractivity contribution is -0.133. The summed E-state index contributed by atoms with van der Waals surface area (Å²) >= 11 is 0. The highest BCUT2D eigenvalue weighted by Crippen LogP contribution is 2.16. The molecule has 0 aliphatic heterocycles. The smallest absolute Gasteiger partial charge is 0.279 e. The number of carbonyl (C=O) groups excluding carboxylic acids is 3. The third-order valence-electron chi connectivity index (χ3n) is 4.26. The minimum Gasteiger partial charge on any atom is -0.481 e. The van der Waals surface area contributed by atoms with Crippen LogP contribution in [0.15, 0.2) is 48.5 Å². The molecular weight excluding hydrogens is 370 g/mol. The van der Waals surface area contributed by atoms with Crippen molar-refractivity contribution in [3.8, 4) is 5.75 Å². The van der Waals surface area contributed by atoms with Gasteiger partial charge >= 0.3 is 0 Å². The van der Waals surface area contributed by atoms with E-state index in [1.807, 2.05) is 57.2 Å². The van der Waals surface area contributed by atoms with Crippen LogP contribution in [0, 0.1) is 13.8 Å². The van der Waals surface area contributed by atoms with Gasteiger partial charge in [-0.15, -0.1) is 0 Å². The molecular formula is C22H27N3O4. The van der Waals surface area contributed by atoms with Crippen LogP contribution in [-0.4, -0.2) is 23.8 Å². The molecule has 0 saturated heterocycles. The number of hydrazine groups is 1. The first-order chi connectivity index (χ1) is 13.9. The Labute approximate surface area is 170 Å². The zero-order chi connectivity index (χ0) is 21.2. The average molecular weight is 397 g/mol. The highest BCUT2D eigenvalue weighted by molar-refractivity contribution is 5.94. The number of carbonyl (C=O) groups is 3. The third kappa shape index (κ3) is 7.29. The van der Waals surface area contributed by atoms with Gasteiger partial charge in [0.1, 0.15) is 5.75 Å². The van der Waals surface area contributed by atoms with E-state index in [9.17, 15) is 14.4 Å². The van der Waals surface area contributed by atoms with E-state index in [0.29, 0.717) is 12.2 Å². The summed E-state index contributed by atoms with van der Waals surface area (Å²) in [5.41, 5.74) is 7.39. The normalized spacial score (nSPS) is 11.3. The van der Waals surface area contributed by atoms with Crippen LogP contribution in [0.4, 0.5) is 5.69 Å². The number of ether oxygens (including phenoxy) is 1. The van der Waals surface area contributed by atoms with Gasteiger partial charge in [0.15, 0.2) is 6.10 Å². The second-order valence-corrected chi connectivity index (χ2v) is 6.73. The van der Waals surface area contributed by atoms with Crippen LogP contribution in [0.25, 0.3) is 0 Å². The van der Waals surface area contributed by atoms with E-state index in [0.717, 1.165) is 16.8 Å². The number of rotatable bonds is 8. The number of hydrogen-bond donors (Lipinski definition) is 3. The number of aryl methyl sites for hydroxylation is 2. The molecule has 0 aliphatic carbocycles. The van der Waals surface area contributed by atoms with Gasteiger partial charge in [0.2, 0.25) is 11.8 Å². The molecule has 29 heavy (non-hydrogen) atoms. The van der Waals surface area contributed by atoms with E-state index in [2.05, 4.69) is 16.2 Å². The molecule has 0 aliphatic rings. The Balaban J connectivity index is 1.74. The first-order valence-electron chi connectivity index (χ1n) is 9.56. The third-order valence-corrected chi connectivity index (χ3v) is 4.26. The van der Waals surface area contributed by atoms with Crippen LogP contribution in [0.1, 0.15) is 37.3 Å². The molecule has 2 aromatic carbocycles. The van der Waals surface area contributed by atoms with E-state index in [-0.39, 0.29) is 18.7 Å². The quantitative estimate of drug-likeness (QED) is 0.597. The molecule has 0 saturated carbocycles. The fraction of sp³-hybridized carbons (Fsp3) is 0.318. The number of nitrogens with one attached hydrogen (secondary N) is 3. The topological polar surface area (TPSA) is 96.5 Å². The van der Waals surface area contributed by atoms with Gasteiger partial charge in [-0.2, -0.15) is 0 Å². The Morgan fingerprint density at radius 2 is 1.62 bits per heavy atom. The van der Waals surface area contributed by atoms with E-state index in [1.165, 1.54) is 0 Å². The summed E-state index contributed by atoms with van der Waals surface area (Å²) in [6, 6.07) is 14.7. The first kappa shape index (κ1) is 21.9. The second kappa shape index (κ2) is 10.8. The number of amides is 3. The molecule has 3 amide bonds. The SMILES string of the molecule is CCC(Oc1ccccc1)C(=O)NNC(=O)CCC(=O)Nc1cc(C)ccc1C. The zero-order valence-corrected chi connectivity index (χ0v) is 17.0. The van der Waals surface area contributed by atoms with Gasteiger partial charge in [0, 0.05) is 18.5 Å². The van der Waals surface area contributed by atoms with Crippen molar-refractivity contribution in [2.45, 2.75) is 46.1 Å². The van der Waals surface area contributed by atoms with Crippen molar-refractivity contribution in [2.75, 3.05) is 5.32 Å². The van der Waals surface area contributed by atoms with Crippen molar-refractivity contribution in [3.05, 3.63) is 59.7 Å². The molecule has 3 N–H and O–H groups in total. The van der Waals surface area contributed by atoms with E-state index < -0.39 is 17.9 Å². The van der Waals surface area contributed by atoms with Crippen LogP contribution in [0.3, 0.4) is 0 Å². The average Bonchev–Trinajstić information content (AvgIpc) is 2.72. The fourth-order valence-electron chi connectivity index (χ4n) is 2.57. The number of hydrogen-bond acceptors (Lipinski definition) is 4. The maximum absolute atomic E-state index is 12.2. The standard InChI is InChI=1S/C22H27N3O4/c1-4-19(29-17-8-6-5-7-9-17)22(28)25-24-21(27)13-12-20(26)23-18-14-15(2)10-11-16(18)3/h5-11,14,19H,4,12-13H2,1-3H3,(H,23,26)(H,24,27)(H,25,28). The molecule has 154 valence electrons. The van der Waals surface area contributed by atoms with E-state index in [4.69, 9.17) is 4.74 Å². The molecule has 7 nitrogen and oxygen atoms in total. The molecule has 0 heterocycles. The van der Waals surface area contributed by atoms with E-state index >= 15 is 0 Å². The van der Waals surface area contributed by atoms with Gasteiger partial charge < -0.3 is 10.1 Å². The molecule has 2 aromatic rings. The van der Waals surface area contributed by atoms with Crippen molar-refractivity contribution in [2.24, 2.45) is 0 Å². The lowest BCUT2D eigenvalue weighted by Crippen LogP contribution is -2.48. The van der Waals surface area contributed by atoms with Gasteiger partial charge in [0.05, 0.1) is 0 Å². The predicted molar refractivity (Wildman–Crippen MR) is 111 cm³/mol. The molecule has 0 bridgehead atoms. The molecule has 0 spiro atoms. The monoisotopic (exact) mass is 397 g/mol. The summed E-state index contributed by atoms with van der Waals surface area (Å²) < 4.78 is 5.62. The molecule has 0 fully saturated rings. The molecule has 1 unspecified atom stereocenters.